The SMILES string of the molecule is CC[C@@H](C)C(=O)N[C@H]1COc2c(C(=O)N(C)CCO)cccc2N(Cc2c(OC)ccc3cc(C(=O)O)ccc23)C1=O. The molecule has 1 aliphatic heterocycles. The molecule has 0 fully saturated rings. The van der Waals surface area contributed by atoms with E-state index in [1.54, 1.807) is 56.4 Å². The number of amides is 3. The van der Waals surface area contributed by atoms with Crippen molar-refractivity contribution in [1.29, 1.82) is 0 Å². The van der Waals surface area contributed by atoms with Crippen LogP contribution in [0.1, 0.15) is 46.5 Å². The van der Waals surface area contributed by atoms with Crippen molar-refractivity contribution in [3.05, 3.63) is 65.2 Å². The highest BCUT2D eigenvalue weighted by Gasteiger charge is 2.36. The number of para-hydroxylation sites is 1. The molecule has 3 aromatic carbocycles. The van der Waals surface area contributed by atoms with Crippen molar-refractivity contribution in [1.82, 2.24) is 10.2 Å². The van der Waals surface area contributed by atoms with Crippen molar-refractivity contribution in [2.24, 2.45) is 5.92 Å². The van der Waals surface area contributed by atoms with Crippen LogP contribution in [0.2, 0.25) is 0 Å². The average Bonchev–Trinajstić information content (AvgIpc) is 3.12. The number of fused-ring (bicyclic) bond motifs is 2. The number of nitrogens with zero attached hydrogens (tertiary/aromatic N) is 2. The van der Waals surface area contributed by atoms with E-state index in [1.807, 2.05) is 6.92 Å². The number of methoxy groups -OCH3 is 1. The zero-order valence-corrected chi connectivity index (χ0v) is 24.0. The number of hydrogen-bond acceptors (Lipinski definition) is 7. The molecule has 222 valence electrons. The van der Waals surface area contributed by atoms with Gasteiger partial charge in [-0.05, 0) is 47.5 Å². The van der Waals surface area contributed by atoms with Gasteiger partial charge in [-0.25, -0.2) is 4.79 Å². The first-order valence-electron chi connectivity index (χ1n) is 13.7. The second kappa shape index (κ2) is 12.9. The maximum atomic E-state index is 14.1. The van der Waals surface area contributed by atoms with Crippen molar-refractivity contribution < 1.29 is 38.9 Å². The molecule has 3 aromatic rings. The van der Waals surface area contributed by atoms with Crippen LogP contribution < -0.4 is 19.7 Å². The number of carbonyl (C=O) groups excluding carboxylic acids is 3. The van der Waals surface area contributed by atoms with Gasteiger partial charge in [0.2, 0.25) is 5.91 Å². The van der Waals surface area contributed by atoms with E-state index in [2.05, 4.69) is 5.32 Å². The highest BCUT2D eigenvalue weighted by Crippen LogP contribution is 2.39. The van der Waals surface area contributed by atoms with Gasteiger partial charge in [0.25, 0.3) is 11.8 Å². The molecule has 3 amide bonds. The summed E-state index contributed by atoms with van der Waals surface area (Å²) in [5.74, 6) is -1.89. The Kier molecular flexibility index (Phi) is 9.31. The summed E-state index contributed by atoms with van der Waals surface area (Å²) in [6.45, 7) is 3.29. The minimum atomic E-state index is -1.06. The van der Waals surface area contributed by atoms with E-state index >= 15 is 0 Å². The summed E-state index contributed by atoms with van der Waals surface area (Å²) in [4.78, 5) is 54.7. The predicted octanol–water partition coefficient (Wildman–Crippen LogP) is 3.07. The third-order valence-corrected chi connectivity index (χ3v) is 7.50. The van der Waals surface area contributed by atoms with Crippen LogP contribution in [0.15, 0.2) is 48.5 Å². The Labute approximate surface area is 243 Å². The number of likely N-dealkylation sites (N-methyl/N-ethyl adjacent to an activating group) is 1. The van der Waals surface area contributed by atoms with Gasteiger partial charge in [0.05, 0.1) is 37.1 Å². The Hall–Kier alpha value is -4.64. The standard InChI is InChI=1S/C31H35N3O8/c1-5-18(2)28(36)32-24-17-42-27-22(29(37)33(3)13-14-35)7-6-8-25(27)34(30(24)38)16-23-21-11-9-20(31(39)40)15-19(21)10-12-26(23)41-4/h6-12,15,18,24,35H,5,13-14,16-17H2,1-4H3,(H,32,36)(H,39,40)/t18-,24+/m1/s1. The number of hydrogen-bond donors (Lipinski definition) is 3. The average molecular weight is 578 g/mol. The number of ether oxygens (including phenoxy) is 2. The van der Waals surface area contributed by atoms with Crippen molar-refractivity contribution in [3.63, 3.8) is 0 Å². The lowest BCUT2D eigenvalue weighted by Gasteiger charge is -2.27. The van der Waals surface area contributed by atoms with Crippen molar-refractivity contribution in [2.45, 2.75) is 32.9 Å². The lowest BCUT2D eigenvalue weighted by Crippen LogP contribution is -2.51. The van der Waals surface area contributed by atoms with Gasteiger partial charge >= 0.3 is 5.97 Å². The number of aliphatic hydroxyl groups excluding tert-OH is 1. The Morgan fingerprint density at radius 2 is 1.95 bits per heavy atom. The number of aromatic carboxylic acids is 1. The summed E-state index contributed by atoms with van der Waals surface area (Å²) in [7, 11) is 3.06. The molecule has 0 saturated carbocycles. The van der Waals surface area contributed by atoms with Crippen LogP contribution in [0, 0.1) is 5.92 Å². The molecule has 4 rings (SSSR count). The summed E-state index contributed by atoms with van der Waals surface area (Å²) < 4.78 is 11.7. The fourth-order valence-corrected chi connectivity index (χ4v) is 4.85. The number of aliphatic hydroxyl groups is 1. The smallest absolute Gasteiger partial charge is 0.335 e. The largest absolute Gasteiger partial charge is 0.496 e. The molecule has 1 aliphatic rings. The molecule has 0 aliphatic carbocycles. The minimum Gasteiger partial charge on any atom is -0.496 e. The molecule has 1 heterocycles. The first-order chi connectivity index (χ1) is 20.1. The second-order valence-electron chi connectivity index (χ2n) is 10.2. The molecular formula is C31H35N3O8. The molecule has 0 radical (unpaired) electrons. The fourth-order valence-electron chi connectivity index (χ4n) is 4.85. The van der Waals surface area contributed by atoms with Crippen LogP contribution in [0.4, 0.5) is 5.69 Å². The van der Waals surface area contributed by atoms with Gasteiger partial charge < -0.3 is 34.8 Å². The number of anilines is 1. The lowest BCUT2D eigenvalue weighted by molar-refractivity contribution is -0.130. The number of carboxylic acid groups (broad SMARTS) is 1. The van der Waals surface area contributed by atoms with Gasteiger partial charge in [0, 0.05) is 25.1 Å². The molecule has 0 saturated heterocycles. The molecule has 3 N–H and O–H groups in total. The molecular weight excluding hydrogens is 542 g/mol. The molecule has 0 unspecified atom stereocenters. The molecule has 0 bridgehead atoms. The summed E-state index contributed by atoms with van der Waals surface area (Å²) >= 11 is 0. The Morgan fingerprint density at radius 1 is 1.19 bits per heavy atom. The third-order valence-electron chi connectivity index (χ3n) is 7.50. The summed E-state index contributed by atoms with van der Waals surface area (Å²) in [5, 5.41) is 23.0. The van der Waals surface area contributed by atoms with Crippen LogP contribution in [0.5, 0.6) is 11.5 Å². The van der Waals surface area contributed by atoms with Crippen molar-refractivity contribution in [2.75, 3.05) is 38.8 Å². The third kappa shape index (κ3) is 6.01. The second-order valence-corrected chi connectivity index (χ2v) is 10.2. The van der Waals surface area contributed by atoms with Crippen molar-refractivity contribution in [3.8, 4) is 11.5 Å². The number of carboxylic acids is 1. The molecule has 11 nitrogen and oxygen atoms in total. The van der Waals surface area contributed by atoms with E-state index in [0.29, 0.717) is 34.2 Å². The van der Waals surface area contributed by atoms with E-state index < -0.39 is 23.8 Å². The normalized spacial score (nSPS) is 15.3. The number of benzene rings is 3. The van der Waals surface area contributed by atoms with Crippen LogP contribution >= 0.6 is 0 Å². The van der Waals surface area contributed by atoms with E-state index in [0.717, 1.165) is 0 Å². The summed E-state index contributed by atoms with van der Waals surface area (Å²) in [5.41, 5.74) is 1.25. The Balaban J connectivity index is 1.86. The lowest BCUT2D eigenvalue weighted by atomic mass is 10.00. The highest BCUT2D eigenvalue weighted by molar-refractivity contribution is 6.05. The maximum Gasteiger partial charge on any atom is 0.335 e. The van der Waals surface area contributed by atoms with Crippen molar-refractivity contribution >= 4 is 40.2 Å². The van der Waals surface area contributed by atoms with E-state index in [4.69, 9.17) is 9.47 Å². The molecule has 11 heteroatoms. The number of rotatable bonds is 10. The molecule has 0 aromatic heterocycles. The predicted molar refractivity (Wildman–Crippen MR) is 156 cm³/mol. The van der Waals surface area contributed by atoms with E-state index in [1.165, 1.54) is 23.0 Å². The quantitative estimate of drug-likeness (QED) is 0.333. The van der Waals surface area contributed by atoms with Gasteiger partial charge in [-0.1, -0.05) is 32.0 Å². The number of carbonyl (C=O) groups is 4. The summed E-state index contributed by atoms with van der Waals surface area (Å²) in [6, 6.07) is 12.0. The van der Waals surface area contributed by atoms with Crippen LogP contribution in [-0.4, -0.2) is 78.8 Å². The van der Waals surface area contributed by atoms with Crippen LogP contribution in [-0.2, 0) is 16.1 Å². The Bertz CT molecular complexity index is 1520. The van der Waals surface area contributed by atoms with Gasteiger partial charge in [0.1, 0.15) is 18.4 Å². The first-order valence-corrected chi connectivity index (χ1v) is 13.7. The highest BCUT2D eigenvalue weighted by atomic mass is 16.5. The van der Waals surface area contributed by atoms with Gasteiger partial charge in [-0.15, -0.1) is 0 Å². The maximum absolute atomic E-state index is 14.1. The van der Waals surface area contributed by atoms with E-state index in [9.17, 15) is 29.4 Å². The topological polar surface area (TPSA) is 146 Å². The minimum absolute atomic E-state index is 0.0258. The zero-order chi connectivity index (χ0) is 30.6. The van der Waals surface area contributed by atoms with Crippen LogP contribution in [0.25, 0.3) is 10.8 Å². The molecule has 0 spiro atoms. The zero-order valence-electron chi connectivity index (χ0n) is 24.0. The Morgan fingerprint density at radius 3 is 2.62 bits per heavy atom. The van der Waals surface area contributed by atoms with Gasteiger partial charge in [-0.3, -0.25) is 14.4 Å². The monoisotopic (exact) mass is 577 g/mol. The fraction of sp³-hybridized carbons (Fsp3) is 0.355. The molecule has 42 heavy (non-hydrogen) atoms. The van der Waals surface area contributed by atoms with Gasteiger partial charge in [0.15, 0.2) is 5.75 Å². The van der Waals surface area contributed by atoms with Gasteiger partial charge in [-0.2, -0.15) is 0 Å². The first kappa shape index (κ1) is 30.3. The van der Waals surface area contributed by atoms with Crippen LogP contribution in [0.3, 0.4) is 0 Å². The summed E-state index contributed by atoms with van der Waals surface area (Å²) in [6.07, 6.45) is 0.582. The number of nitrogens with one attached hydrogen (secondary N) is 1. The molecule has 2 atom stereocenters. The van der Waals surface area contributed by atoms with E-state index in [-0.39, 0.29) is 55.0 Å².